The van der Waals surface area contributed by atoms with Crippen molar-refractivity contribution in [2.75, 3.05) is 6.61 Å². The van der Waals surface area contributed by atoms with Crippen LogP contribution >= 0.6 is 12.4 Å². The summed E-state index contributed by atoms with van der Waals surface area (Å²) in [5.41, 5.74) is 4.62. The topological polar surface area (TPSA) is 46.2 Å². The molecule has 0 aliphatic heterocycles. The second-order valence-electron chi connectivity index (χ2n) is 1.18. The third kappa shape index (κ3) is 4.23. The fourth-order valence-corrected chi connectivity index (χ4v) is 0.0797. The van der Waals surface area contributed by atoms with Gasteiger partial charge in [-0.2, -0.15) is 0 Å². The second-order valence-corrected chi connectivity index (χ2v) is 1.18. The first kappa shape index (κ1) is 10.9. The Morgan fingerprint density at radius 2 is 1.88 bits per heavy atom. The summed E-state index contributed by atoms with van der Waals surface area (Å²) in [6.07, 6.45) is -2.61. The normalized spacial score (nSPS) is 13.1. The van der Waals surface area contributed by atoms with Gasteiger partial charge in [0.2, 0.25) is 0 Å². The van der Waals surface area contributed by atoms with Crippen molar-refractivity contribution in [1.29, 1.82) is 0 Å². The van der Waals surface area contributed by atoms with E-state index in [2.05, 4.69) is 5.73 Å². The summed E-state index contributed by atoms with van der Waals surface area (Å²) in [6.45, 7) is -0.655. The van der Waals surface area contributed by atoms with Crippen LogP contribution in [0.4, 0.5) is 8.78 Å². The minimum atomic E-state index is -2.61. The van der Waals surface area contributed by atoms with Gasteiger partial charge in [-0.05, 0) is 0 Å². The summed E-state index contributed by atoms with van der Waals surface area (Å²) in [7, 11) is 0. The quantitative estimate of drug-likeness (QED) is 0.577. The highest BCUT2D eigenvalue weighted by atomic mass is 35.5. The van der Waals surface area contributed by atoms with Crippen LogP contribution in [-0.2, 0) is 0 Å². The van der Waals surface area contributed by atoms with Gasteiger partial charge >= 0.3 is 0 Å². The number of aliphatic hydroxyl groups is 1. The zero-order valence-corrected chi connectivity index (χ0v) is 4.87. The molecule has 0 radical (unpaired) electrons. The Hall–Kier alpha value is 0.0700. The minimum absolute atomic E-state index is 0. The van der Waals surface area contributed by atoms with Crippen molar-refractivity contribution in [2.24, 2.45) is 5.73 Å². The average Bonchev–Trinajstić information content (AvgIpc) is 1.65. The molecule has 0 spiro atoms. The largest absolute Gasteiger partial charge is 0.395 e. The Morgan fingerprint density at radius 1 is 1.50 bits per heavy atom. The van der Waals surface area contributed by atoms with Crippen LogP contribution in [0.3, 0.4) is 0 Å². The molecule has 52 valence electrons. The Bertz CT molecular complexity index is 54.5. The maximum absolute atomic E-state index is 11.1. The summed E-state index contributed by atoms with van der Waals surface area (Å²) < 4.78 is 22.3. The SMILES string of the molecule is Cl.NC(CO)C(F)F. The fraction of sp³-hybridized carbons (Fsp3) is 1.00. The molecule has 8 heavy (non-hydrogen) atoms. The number of nitrogens with two attached hydrogens (primary N) is 1. The molecule has 0 aliphatic rings. The molecule has 0 saturated heterocycles. The molecule has 0 aromatic heterocycles. The Balaban J connectivity index is 0. The molecular weight excluding hydrogens is 139 g/mol. The van der Waals surface area contributed by atoms with Gasteiger partial charge < -0.3 is 10.8 Å². The minimum Gasteiger partial charge on any atom is -0.395 e. The number of halogens is 3. The molecule has 0 bridgehead atoms. The van der Waals surface area contributed by atoms with Gasteiger partial charge in [0.25, 0.3) is 6.43 Å². The number of hydrogen-bond acceptors (Lipinski definition) is 2. The molecule has 0 amide bonds. The van der Waals surface area contributed by atoms with E-state index < -0.39 is 19.1 Å². The first-order valence-corrected chi connectivity index (χ1v) is 1.83. The van der Waals surface area contributed by atoms with Gasteiger partial charge in [0.15, 0.2) is 0 Å². The first-order valence-electron chi connectivity index (χ1n) is 1.83. The van der Waals surface area contributed by atoms with Gasteiger partial charge in [0.05, 0.1) is 12.6 Å². The van der Waals surface area contributed by atoms with Crippen LogP contribution in [-0.4, -0.2) is 24.2 Å². The first-order chi connectivity index (χ1) is 3.18. The van der Waals surface area contributed by atoms with E-state index in [1.807, 2.05) is 0 Å². The highest BCUT2D eigenvalue weighted by Gasteiger charge is 2.11. The average molecular weight is 148 g/mol. The van der Waals surface area contributed by atoms with Gasteiger partial charge in [-0.15, -0.1) is 12.4 Å². The zero-order chi connectivity index (χ0) is 5.86. The maximum atomic E-state index is 11.1. The third-order valence-corrected chi connectivity index (χ3v) is 0.534. The van der Waals surface area contributed by atoms with E-state index >= 15 is 0 Å². The standard InChI is InChI=1S/C3H7F2NO.ClH/c4-3(5)2(6)1-7;/h2-3,7H,1,6H2;1H. The van der Waals surface area contributed by atoms with Crippen LogP contribution in [0.25, 0.3) is 0 Å². The molecule has 3 N–H and O–H groups in total. The van der Waals surface area contributed by atoms with E-state index in [-0.39, 0.29) is 12.4 Å². The lowest BCUT2D eigenvalue weighted by atomic mass is 10.4. The molecule has 1 atom stereocenters. The van der Waals surface area contributed by atoms with Crippen molar-refractivity contribution >= 4 is 12.4 Å². The van der Waals surface area contributed by atoms with Crippen molar-refractivity contribution in [3.63, 3.8) is 0 Å². The highest BCUT2D eigenvalue weighted by molar-refractivity contribution is 5.85. The van der Waals surface area contributed by atoms with Crippen LogP contribution in [0, 0.1) is 0 Å². The van der Waals surface area contributed by atoms with Gasteiger partial charge in [0, 0.05) is 0 Å². The van der Waals surface area contributed by atoms with Crippen molar-refractivity contribution in [3.05, 3.63) is 0 Å². The lowest BCUT2D eigenvalue weighted by molar-refractivity contribution is 0.0838. The van der Waals surface area contributed by atoms with Crippen LogP contribution in [0.5, 0.6) is 0 Å². The molecule has 1 unspecified atom stereocenters. The molecule has 0 heterocycles. The van der Waals surface area contributed by atoms with Crippen LogP contribution in [0.2, 0.25) is 0 Å². The van der Waals surface area contributed by atoms with Gasteiger partial charge in [0.1, 0.15) is 0 Å². The second kappa shape index (κ2) is 5.21. The lowest BCUT2D eigenvalue weighted by Crippen LogP contribution is -2.32. The summed E-state index contributed by atoms with van der Waals surface area (Å²) in [5.74, 6) is 0. The third-order valence-electron chi connectivity index (χ3n) is 0.534. The van der Waals surface area contributed by atoms with Crippen LogP contribution < -0.4 is 5.73 Å². The van der Waals surface area contributed by atoms with E-state index in [4.69, 9.17) is 5.11 Å². The number of alkyl halides is 2. The van der Waals surface area contributed by atoms with Crippen LogP contribution in [0.1, 0.15) is 0 Å². The van der Waals surface area contributed by atoms with E-state index in [1.54, 1.807) is 0 Å². The Kier molecular flexibility index (Phi) is 7.13. The molecule has 2 nitrogen and oxygen atoms in total. The van der Waals surface area contributed by atoms with Crippen molar-refractivity contribution in [1.82, 2.24) is 0 Å². The van der Waals surface area contributed by atoms with Gasteiger partial charge in [-0.25, -0.2) is 8.78 Å². The van der Waals surface area contributed by atoms with E-state index in [0.717, 1.165) is 0 Å². The predicted molar refractivity (Wildman–Crippen MR) is 28.3 cm³/mol. The Morgan fingerprint density at radius 3 is 1.88 bits per heavy atom. The summed E-state index contributed by atoms with van der Waals surface area (Å²) in [6, 6.07) is -1.38. The maximum Gasteiger partial charge on any atom is 0.255 e. The van der Waals surface area contributed by atoms with Crippen molar-refractivity contribution in [2.45, 2.75) is 12.5 Å². The molecule has 0 saturated carbocycles. The van der Waals surface area contributed by atoms with E-state index in [9.17, 15) is 8.78 Å². The van der Waals surface area contributed by atoms with Gasteiger partial charge in [-0.3, -0.25) is 0 Å². The Labute approximate surface area is 52.1 Å². The van der Waals surface area contributed by atoms with Crippen molar-refractivity contribution in [3.8, 4) is 0 Å². The summed E-state index contributed by atoms with van der Waals surface area (Å²) >= 11 is 0. The predicted octanol–water partition coefficient (Wildman–Crippen LogP) is -0.00710. The molecule has 0 aromatic carbocycles. The summed E-state index contributed by atoms with van der Waals surface area (Å²) in [5, 5.41) is 7.90. The zero-order valence-electron chi connectivity index (χ0n) is 4.05. The summed E-state index contributed by atoms with van der Waals surface area (Å²) in [4.78, 5) is 0. The molecule has 0 aliphatic carbocycles. The van der Waals surface area contributed by atoms with Crippen molar-refractivity contribution < 1.29 is 13.9 Å². The number of aliphatic hydroxyl groups excluding tert-OH is 1. The smallest absolute Gasteiger partial charge is 0.255 e. The van der Waals surface area contributed by atoms with Crippen LogP contribution in [0.15, 0.2) is 0 Å². The number of hydrogen-bond donors (Lipinski definition) is 2. The highest BCUT2D eigenvalue weighted by Crippen LogP contribution is 1.94. The van der Waals surface area contributed by atoms with E-state index in [1.165, 1.54) is 0 Å². The molecule has 0 aromatic rings. The molecule has 5 heteroatoms. The lowest BCUT2D eigenvalue weighted by Gasteiger charge is -2.02. The monoisotopic (exact) mass is 147 g/mol. The fourth-order valence-electron chi connectivity index (χ4n) is 0.0797. The number of rotatable bonds is 2. The van der Waals surface area contributed by atoms with E-state index in [0.29, 0.717) is 0 Å². The molecule has 0 rings (SSSR count). The molecular formula is C3H8ClF2NO. The molecule has 0 fully saturated rings. The van der Waals surface area contributed by atoms with Gasteiger partial charge in [-0.1, -0.05) is 0 Å².